The zero-order valence-corrected chi connectivity index (χ0v) is 11.3. The topological polar surface area (TPSA) is 77.8 Å². The summed E-state index contributed by atoms with van der Waals surface area (Å²) in [7, 11) is 1.59. The van der Waals surface area contributed by atoms with Crippen molar-refractivity contribution in [2.75, 3.05) is 11.9 Å². The van der Waals surface area contributed by atoms with Gasteiger partial charge < -0.3 is 15.1 Å². The van der Waals surface area contributed by atoms with Crippen molar-refractivity contribution in [3.8, 4) is 0 Å². The molecule has 0 fully saturated rings. The number of rotatable bonds is 6. The molecule has 0 heterocycles. The van der Waals surface area contributed by atoms with Gasteiger partial charge in [0.1, 0.15) is 6.04 Å². The molecule has 0 aliphatic carbocycles. The van der Waals surface area contributed by atoms with Crippen molar-refractivity contribution in [1.82, 2.24) is 0 Å². The van der Waals surface area contributed by atoms with E-state index < -0.39 is 24.4 Å². The molecule has 1 atom stereocenters. The first-order valence-electron chi connectivity index (χ1n) is 6.10. The normalized spacial score (nSPS) is 12.2. The van der Waals surface area contributed by atoms with Gasteiger partial charge in [0.15, 0.2) is 0 Å². The summed E-state index contributed by atoms with van der Waals surface area (Å²) in [6.07, 6.45) is -0.433. The minimum Gasteiger partial charge on any atom is -0.481 e. The second kappa shape index (κ2) is 6.22. The van der Waals surface area contributed by atoms with Gasteiger partial charge in [-0.15, -0.1) is 0 Å². The number of carbonyl (C=O) groups is 2. The molecule has 1 unspecified atom stereocenters. The van der Waals surface area contributed by atoms with Crippen molar-refractivity contribution in [3.05, 3.63) is 29.8 Å². The lowest BCUT2D eigenvalue weighted by Crippen LogP contribution is -2.40. The summed E-state index contributed by atoms with van der Waals surface area (Å²) in [6, 6.07) is 6.41. The Morgan fingerprint density at radius 2 is 1.68 bits per heavy atom. The van der Waals surface area contributed by atoms with Crippen LogP contribution in [0.2, 0.25) is 0 Å². The molecule has 0 aliphatic rings. The van der Waals surface area contributed by atoms with Gasteiger partial charge in [0, 0.05) is 12.7 Å². The molecule has 1 aromatic rings. The van der Waals surface area contributed by atoms with Gasteiger partial charge in [-0.2, -0.15) is 0 Å². The molecule has 5 heteroatoms. The highest BCUT2D eigenvalue weighted by molar-refractivity contribution is 5.84. The second-order valence-corrected chi connectivity index (χ2v) is 4.81. The van der Waals surface area contributed by atoms with Gasteiger partial charge in [0.25, 0.3) is 0 Å². The van der Waals surface area contributed by atoms with Crippen molar-refractivity contribution in [2.45, 2.75) is 32.2 Å². The van der Waals surface area contributed by atoms with Gasteiger partial charge in [0.05, 0.1) is 6.42 Å². The van der Waals surface area contributed by atoms with Gasteiger partial charge in [-0.1, -0.05) is 26.0 Å². The molecular formula is C14H19NO4. The predicted octanol–water partition coefficient (Wildman–Crippen LogP) is 2.17. The summed E-state index contributed by atoms with van der Waals surface area (Å²) in [5, 5.41) is 17.8. The van der Waals surface area contributed by atoms with Crippen LogP contribution in [0.4, 0.5) is 5.69 Å². The summed E-state index contributed by atoms with van der Waals surface area (Å²) in [5.74, 6) is -1.87. The number of anilines is 1. The number of aliphatic carboxylic acids is 2. The van der Waals surface area contributed by atoms with Crippen LogP contribution < -0.4 is 4.90 Å². The van der Waals surface area contributed by atoms with Crippen LogP contribution in [0.3, 0.4) is 0 Å². The molecular weight excluding hydrogens is 246 g/mol. The zero-order chi connectivity index (χ0) is 14.6. The third kappa shape index (κ3) is 3.98. The summed E-state index contributed by atoms with van der Waals surface area (Å²) in [5.41, 5.74) is 1.85. The van der Waals surface area contributed by atoms with Crippen LogP contribution in [0.15, 0.2) is 24.3 Å². The fourth-order valence-electron chi connectivity index (χ4n) is 1.83. The Balaban J connectivity index is 2.93. The van der Waals surface area contributed by atoms with Crippen molar-refractivity contribution in [3.63, 3.8) is 0 Å². The number of likely N-dealkylation sites (N-methyl/N-ethyl adjacent to an activating group) is 1. The van der Waals surface area contributed by atoms with E-state index in [-0.39, 0.29) is 0 Å². The first-order valence-corrected chi connectivity index (χ1v) is 6.10. The Morgan fingerprint density at radius 1 is 1.16 bits per heavy atom. The molecule has 0 bridgehead atoms. The standard InChI is InChI=1S/C14H19NO4/c1-9(2)10-4-6-11(7-5-10)15(3)12(14(18)19)8-13(16)17/h4-7,9,12H,8H2,1-3H3,(H,16,17)(H,18,19). The van der Waals surface area contributed by atoms with Crippen LogP contribution in [-0.2, 0) is 9.59 Å². The number of carboxylic acid groups (broad SMARTS) is 2. The Bertz CT molecular complexity index is 453. The Kier molecular flexibility index (Phi) is 4.92. The van der Waals surface area contributed by atoms with E-state index in [1.54, 1.807) is 7.05 Å². The minimum atomic E-state index is -1.14. The van der Waals surface area contributed by atoms with Crippen LogP contribution >= 0.6 is 0 Å². The average Bonchev–Trinajstić information content (AvgIpc) is 2.34. The Labute approximate surface area is 112 Å². The Hall–Kier alpha value is -2.04. The fraction of sp³-hybridized carbons (Fsp3) is 0.429. The van der Waals surface area contributed by atoms with Crippen LogP contribution in [0.1, 0.15) is 31.7 Å². The fourth-order valence-corrected chi connectivity index (χ4v) is 1.83. The number of nitrogens with zero attached hydrogens (tertiary/aromatic N) is 1. The molecule has 19 heavy (non-hydrogen) atoms. The molecule has 0 saturated carbocycles. The first kappa shape index (κ1) is 15.0. The molecule has 104 valence electrons. The van der Waals surface area contributed by atoms with Crippen LogP contribution in [0.25, 0.3) is 0 Å². The zero-order valence-electron chi connectivity index (χ0n) is 11.3. The maximum atomic E-state index is 11.1. The molecule has 0 radical (unpaired) electrons. The predicted molar refractivity (Wildman–Crippen MR) is 72.6 cm³/mol. The summed E-state index contributed by atoms with van der Waals surface area (Å²) in [6.45, 7) is 4.15. The minimum absolute atomic E-state index is 0.397. The van der Waals surface area contributed by atoms with E-state index in [0.29, 0.717) is 11.6 Å². The third-order valence-electron chi connectivity index (χ3n) is 3.09. The smallest absolute Gasteiger partial charge is 0.326 e. The van der Waals surface area contributed by atoms with Gasteiger partial charge in [-0.05, 0) is 23.6 Å². The third-order valence-corrected chi connectivity index (χ3v) is 3.09. The van der Waals surface area contributed by atoms with E-state index in [4.69, 9.17) is 10.2 Å². The summed E-state index contributed by atoms with van der Waals surface area (Å²) in [4.78, 5) is 23.3. The number of hydrogen-bond acceptors (Lipinski definition) is 3. The van der Waals surface area contributed by atoms with E-state index >= 15 is 0 Å². The number of benzene rings is 1. The van der Waals surface area contributed by atoms with Gasteiger partial charge in [-0.3, -0.25) is 4.79 Å². The van der Waals surface area contributed by atoms with Crippen molar-refractivity contribution in [1.29, 1.82) is 0 Å². The lowest BCUT2D eigenvalue weighted by atomic mass is 10.0. The van der Waals surface area contributed by atoms with Crippen molar-refractivity contribution in [2.24, 2.45) is 0 Å². The molecule has 0 aliphatic heterocycles. The van der Waals surface area contributed by atoms with E-state index in [9.17, 15) is 9.59 Å². The van der Waals surface area contributed by atoms with Crippen LogP contribution in [-0.4, -0.2) is 35.2 Å². The first-order chi connectivity index (χ1) is 8.82. The number of carboxylic acids is 2. The summed E-state index contributed by atoms with van der Waals surface area (Å²) < 4.78 is 0. The Morgan fingerprint density at radius 3 is 2.05 bits per heavy atom. The molecule has 0 spiro atoms. The van der Waals surface area contributed by atoms with Gasteiger partial charge >= 0.3 is 11.9 Å². The monoisotopic (exact) mass is 265 g/mol. The second-order valence-electron chi connectivity index (χ2n) is 4.81. The lowest BCUT2D eigenvalue weighted by Gasteiger charge is -2.26. The molecule has 2 N–H and O–H groups in total. The molecule has 0 amide bonds. The molecule has 1 aromatic carbocycles. The quantitative estimate of drug-likeness (QED) is 0.824. The van der Waals surface area contributed by atoms with Crippen molar-refractivity contribution < 1.29 is 19.8 Å². The highest BCUT2D eigenvalue weighted by atomic mass is 16.4. The highest BCUT2D eigenvalue weighted by Crippen LogP contribution is 2.21. The molecule has 0 aromatic heterocycles. The average molecular weight is 265 g/mol. The number of hydrogen-bond donors (Lipinski definition) is 2. The molecule has 5 nitrogen and oxygen atoms in total. The van der Waals surface area contributed by atoms with Gasteiger partial charge in [0.2, 0.25) is 0 Å². The molecule has 0 saturated heterocycles. The maximum absolute atomic E-state index is 11.1. The van der Waals surface area contributed by atoms with Crippen LogP contribution in [0.5, 0.6) is 0 Å². The largest absolute Gasteiger partial charge is 0.481 e. The van der Waals surface area contributed by atoms with Crippen molar-refractivity contribution >= 4 is 17.6 Å². The van der Waals surface area contributed by atoms with E-state index in [0.717, 1.165) is 5.56 Å². The van der Waals surface area contributed by atoms with Gasteiger partial charge in [-0.25, -0.2) is 4.79 Å². The van der Waals surface area contributed by atoms with E-state index in [1.807, 2.05) is 24.3 Å². The summed E-state index contributed by atoms with van der Waals surface area (Å²) >= 11 is 0. The maximum Gasteiger partial charge on any atom is 0.326 e. The van der Waals surface area contributed by atoms with Crippen LogP contribution in [0, 0.1) is 0 Å². The highest BCUT2D eigenvalue weighted by Gasteiger charge is 2.25. The van der Waals surface area contributed by atoms with E-state index in [1.165, 1.54) is 4.90 Å². The molecule has 1 rings (SSSR count). The van der Waals surface area contributed by atoms with E-state index in [2.05, 4.69) is 13.8 Å². The lowest BCUT2D eigenvalue weighted by molar-refractivity contribution is -0.145. The SMILES string of the molecule is CC(C)c1ccc(N(C)C(CC(=O)O)C(=O)O)cc1.